The minimum Gasteiger partial charge on any atom is -0.489 e. The molecule has 1 aliphatic heterocycles. The maximum Gasteiger partial charge on any atom is 0.262 e. The van der Waals surface area contributed by atoms with Gasteiger partial charge < -0.3 is 15.0 Å². The summed E-state index contributed by atoms with van der Waals surface area (Å²) in [5.41, 5.74) is 3.04. The summed E-state index contributed by atoms with van der Waals surface area (Å²) < 4.78 is 7.00. The maximum atomic E-state index is 13.7. The van der Waals surface area contributed by atoms with Gasteiger partial charge in [0.2, 0.25) is 0 Å². The van der Waals surface area contributed by atoms with Crippen LogP contribution in [0, 0.1) is 5.92 Å². The van der Waals surface area contributed by atoms with Crippen LogP contribution in [0.5, 0.6) is 5.75 Å². The lowest BCUT2D eigenvalue weighted by molar-refractivity contribution is -0.129. The number of ether oxygens (including phenoxy) is 1. The van der Waals surface area contributed by atoms with Gasteiger partial charge in [-0.3, -0.25) is 4.79 Å². The van der Waals surface area contributed by atoms with Gasteiger partial charge in [-0.15, -0.1) is 0 Å². The zero-order valence-electron chi connectivity index (χ0n) is 20.4. The zero-order chi connectivity index (χ0) is 24.9. The van der Waals surface area contributed by atoms with Gasteiger partial charge in [-0.2, -0.15) is 0 Å². The molecule has 0 radical (unpaired) electrons. The number of para-hydroxylation sites is 1. The molecule has 0 bridgehead atoms. The highest BCUT2D eigenvalue weighted by atomic mass is 79.9. The Morgan fingerprint density at radius 1 is 1.00 bits per heavy atom. The van der Waals surface area contributed by atoms with Crippen molar-refractivity contribution < 1.29 is 9.53 Å². The molecule has 6 heteroatoms. The molecule has 1 amide bonds. The summed E-state index contributed by atoms with van der Waals surface area (Å²) in [6.07, 6.45) is 6.69. The molecule has 1 unspecified atom stereocenters. The van der Waals surface area contributed by atoms with Crippen LogP contribution in [-0.2, 0) is 11.4 Å². The molecule has 1 saturated carbocycles. The van der Waals surface area contributed by atoms with Gasteiger partial charge in [-0.05, 0) is 72.4 Å². The molecule has 4 nitrogen and oxygen atoms in total. The van der Waals surface area contributed by atoms with E-state index in [0.29, 0.717) is 12.5 Å². The Balaban J connectivity index is 1.31. The number of benzene rings is 3. The molecule has 186 valence electrons. The first-order chi connectivity index (χ1) is 17.6. The molecule has 1 saturated heterocycles. The maximum absolute atomic E-state index is 13.7. The molecule has 1 aliphatic carbocycles. The second kappa shape index (κ2) is 11.6. The number of anilines is 1. The Bertz CT molecular complexity index is 1200. The van der Waals surface area contributed by atoms with E-state index in [-0.39, 0.29) is 17.4 Å². The smallest absolute Gasteiger partial charge is 0.262 e. The van der Waals surface area contributed by atoms with E-state index in [0.717, 1.165) is 38.4 Å². The number of rotatable bonds is 7. The fourth-order valence-corrected chi connectivity index (χ4v) is 6.40. The van der Waals surface area contributed by atoms with E-state index in [2.05, 4.69) is 45.2 Å². The van der Waals surface area contributed by atoms with Crippen LogP contribution in [-0.4, -0.2) is 22.3 Å². The molecule has 3 aromatic rings. The molecule has 3 aromatic carbocycles. The first-order valence-electron chi connectivity index (χ1n) is 12.6. The molecule has 1 heterocycles. The topological polar surface area (TPSA) is 41.6 Å². The quantitative estimate of drug-likeness (QED) is 0.297. The predicted molar refractivity (Wildman–Crippen MR) is 153 cm³/mol. The van der Waals surface area contributed by atoms with Gasteiger partial charge in [-0.1, -0.05) is 89.9 Å². The monoisotopic (exact) mass is 562 g/mol. The van der Waals surface area contributed by atoms with Crippen molar-refractivity contribution in [2.24, 2.45) is 5.92 Å². The number of nitrogens with one attached hydrogen (secondary N) is 1. The van der Waals surface area contributed by atoms with Crippen LogP contribution in [0.15, 0.2) is 88.2 Å². The van der Waals surface area contributed by atoms with Crippen molar-refractivity contribution in [3.8, 4) is 5.75 Å². The van der Waals surface area contributed by atoms with E-state index in [4.69, 9.17) is 4.74 Å². The number of carbonyl (C=O) groups is 1. The fraction of sp³-hybridized carbons (Fsp3) is 0.300. The summed E-state index contributed by atoms with van der Waals surface area (Å²) >= 11 is 5.08. The van der Waals surface area contributed by atoms with Crippen molar-refractivity contribution in [1.29, 1.82) is 0 Å². The highest BCUT2D eigenvalue weighted by Crippen LogP contribution is 2.42. The van der Waals surface area contributed by atoms with Crippen molar-refractivity contribution in [2.45, 2.75) is 50.8 Å². The van der Waals surface area contributed by atoms with Crippen LogP contribution < -0.4 is 10.1 Å². The first kappa shape index (κ1) is 25.0. The number of hydrogen-bond acceptors (Lipinski definition) is 4. The van der Waals surface area contributed by atoms with Crippen molar-refractivity contribution in [2.75, 3.05) is 5.32 Å². The van der Waals surface area contributed by atoms with E-state index in [1.807, 2.05) is 72.8 Å². The van der Waals surface area contributed by atoms with Gasteiger partial charge in [-0.25, -0.2) is 0 Å². The highest BCUT2D eigenvalue weighted by Gasteiger charge is 2.42. The van der Waals surface area contributed by atoms with Crippen molar-refractivity contribution in [1.82, 2.24) is 4.90 Å². The Kier molecular flexibility index (Phi) is 8.02. The van der Waals surface area contributed by atoms with Crippen LogP contribution in [0.4, 0.5) is 5.69 Å². The Labute approximate surface area is 226 Å². The van der Waals surface area contributed by atoms with E-state index in [1.165, 1.54) is 19.3 Å². The summed E-state index contributed by atoms with van der Waals surface area (Å²) in [5, 5.41) is 3.60. The summed E-state index contributed by atoms with van der Waals surface area (Å²) in [6, 6.07) is 26.5. The summed E-state index contributed by atoms with van der Waals surface area (Å²) in [6.45, 7) is 2.81. The molecular weight excluding hydrogens is 532 g/mol. The standard InChI is InChI=1S/C30H31BrN2O2S/c1-21-7-5-6-10-27(21)33-29(34)28(36-30(33)32-25-8-3-2-4-9-25)19-22-13-17-26(18-14-22)35-20-23-11-15-24(31)16-12-23/h2-4,8-9,11-19,21,27,30,32H,5-7,10,20H2,1H3/b28-19-/t21-,27-,30?/m1/s1. The third kappa shape index (κ3) is 5.98. The third-order valence-electron chi connectivity index (χ3n) is 6.92. The first-order valence-corrected chi connectivity index (χ1v) is 14.2. The number of thioether (sulfide) groups is 1. The molecule has 36 heavy (non-hydrogen) atoms. The lowest BCUT2D eigenvalue weighted by Gasteiger charge is -2.39. The van der Waals surface area contributed by atoms with E-state index in [1.54, 1.807) is 11.8 Å². The van der Waals surface area contributed by atoms with Gasteiger partial charge in [0.05, 0.1) is 4.91 Å². The lowest BCUT2D eigenvalue weighted by atomic mass is 9.85. The number of nitrogens with zero attached hydrogens (tertiary/aromatic N) is 1. The van der Waals surface area contributed by atoms with Gasteiger partial charge in [0, 0.05) is 16.2 Å². The second-order valence-corrected chi connectivity index (χ2v) is 11.6. The minimum absolute atomic E-state index is 0.106. The second-order valence-electron chi connectivity index (χ2n) is 9.51. The number of halogens is 1. The van der Waals surface area contributed by atoms with E-state index in [9.17, 15) is 4.79 Å². The largest absolute Gasteiger partial charge is 0.489 e. The average Bonchev–Trinajstić information content (AvgIpc) is 3.19. The number of carbonyl (C=O) groups excluding carboxylic acids is 1. The zero-order valence-corrected chi connectivity index (χ0v) is 22.8. The molecule has 0 spiro atoms. The molecule has 5 rings (SSSR count). The van der Waals surface area contributed by atoms with Gasteiger partial charge in [0.25, 0.3) is 5.91 Å². The van der Waals surface area contributed by atoms with Gasteiger partial charge in [0.1, 0.15) is 12.4 Å². The van der Waals surface area contributed by atoms with Gasteiger partial charge in [0.15, 0.2) is 5.50 Å². The molecule has 2 fully saturated rings. The molecule has 0 aromatic heterocycles. The minimum atomic E-state index is -0.106. The van der Waals surface area contributed by atoms with Crippen LogP contribution in [0.3, 0.4) is 0 Å². The third-order valence-corrected chi connectivity index (χ3v) is 8.56. The number of hydrogen-bond donors (Lipinski definition) is 1. The fourth-order valence-electron chi connectivity index (χ4n) is 4.93. The molecule has 1 N–H and O–H groups in total. The normalized spacial score (nSPS) is 23.2. The van der Waals surface area contributed by atoms with Gasteiger partial charge >= 0.3 is 0 Å². The Morgan fingerprint density at radius 3 is 2.44 bits per heavy atom. The summed E-state index contributed by atoms with van der Waals surface area (Å²) in [5.74, 6) is 1.44. The van der Waals surface area contributed by atoms with Crippen LogP contribution >= 0.6 is 27.7 Å². The Hall–Kier alpha value is -2.70. The van der Waals surface area contributed by atoms with Crippen molar-refractivity contribution in [3.05, 3.63) is 99.4 Å². The van der Waals surface area contributed by atoms with Crippen molar-refractivity contribution >= 4 is 45.4 Å². The molecule has 3 atom stereocenters. The number of amides is 1. The average molecular weight is 564 g/mol. The lowest BCUT2D eigenvalue weighted by Crippen LogP contribution is -2.48. The van der Waals surface area contributed by atoms with Crippen LogP contribution in [0.25, 0.3) is 6.08 Å². The molecular formula is C30H31BrN2O2S. The highest BCUT2D eigenvalue weighted by molar-refractivity contribution is 9.10. The SMILES string of the molecule is C[C@@H]1CCCC[C@H]1N1C(=O)/C(=C/c2ccc(OCc3ccc(Br)cc3)cc2)SC1Nc1ccccc1. The van der Waals surface area contributed by atoms with E-state index < -0.39 is 0 Å². The van der Waals surface area contributed by atoms with Crippen molar-refractivity contribution in [3.63, 3.8) is 0 Å². The van der Waals surface area contributed by atoms with Crippen LogP contribution in [0.1, 0.15) is 43.7 Å². The van der Waals surface area contributed by atoms with Crippen LogP contribution in [0.2, 0.25) is 0 Å². The van der Waals surface area contributed by atoms with E-state index >= 15 is 0 Å². The Morgan fingerprint density at radius 2 is 1.72 bits per heavy atom. The molecule has 2 aliphatic rings. The summed E-state index contributed by atoms with van der Waals surface area (Å²) in [4.78, 5) is 16.6. The summed E-state index contributed by atoms with van der Waals surface area (Å²) in [7, 11) is 0. The predicted octanol–water partition coefficient (Wildman–Crippen LogP) is 7.92.